The molecule has 2 unspecified atom stereocenters. The van der Waals surface area contributed by atoms with E-state index in [2.05, 4.69) is 31.2 Å². The molecule has 2 atom stereocenters. The van der Waals surface area contributed by atoms with Gasteiger partial charge in [0.2, 0.25) is 0 Å². The van der Waals surface area contributed by atoms with E-state index < -0.39 is 0 Å². The molecule has 0 aliphatic carbocycles. The van der Waals surface area contributed by atoms with Crippen molar-refractivity contribution in [1.29, 1.82) is 0 Å². The fraction of sp³-hybridized carbons (Fsp3) is 1.00. The summed E-state index contributed by atoms with van der Waals surface area (Å²) in [5, 5.41) is 3.58. The first-order chi connectivity index (χ1) is 5.18. The van der Waals surface area contributed by atoms with Crippen molar-refractivity contribution in [3.63, 3.8) is 0 Å². The second kappa shape index (κ2) is 4.07. The number of hydrogen-bond acceptors (Lipinski definition) is 2. The van der Waals surface area contributed by atoms with Crippen molar-refractivity contribution in [3.8, 4) is 0 Å². The molecule has 0 aromatic carbocycles. The molecule has 0 spiro atoms. The zero-order valence-electron chi connectivity index (χ0n) is 7.93. The van der Waals surface area contributed by atoms with Crippen molar-refractivity contribution in [2.24, 2.45) is 0 Å². The van der Waals surface area contributed by atoms with Crippen molar-refractivity contribution in [1.82, 2.24) is 10.2 Å². The van der Waals surface area contributed by atoms with E-state index in [1.807, 2.05) is 0 Å². The fourth-order valence-electron chi connectivity index (χ4n) is 1.66. The van der Waals surface area contributed by atoms with E-state index in [0.717, 1.165) is 12.1 Å². The quantitative estimate of drug-likeness (QED) is 0.658. The number of hydrogen-bond donors (Lipinski definition) is 1. The van der Waals surface area contributed by atoms with Crippen LogP contribution < -0.4 is 5.32 Å². The van der Waals surface area contributed by atoms with Gasteiger partial charge in [-0.25, -0.2) is 0 Å². The summed E-state index contributed by atoms with van der Waals surface area (Å²) < 4.78 is 0. The largest absolute Gasteiger partial charge is 0.311 e. The van der Waals surface area contributed by atoms with Crippen molar-refractivity contribution >= 4 is 0 Å². The van der Waals surface area contributed by atoms with Gasteiger partial charge in [0.05, 0.1) is 0 Å². The predicted molar refractivity (Wildman–Crippen MR) is 48.8 cm³/mol. The molecule has 1 aliphatic heterocycles. The Balaban J connectivity index is 2.08. The van der Waals surface area contributed by atoms with Crippen LogP contribution in [0.3, 0.4) is 0 Å². The topological polar surface area (TPSA) is 15.3 Å². The molecule has 0 saturated carbocycles. The van der Waals surface area contributed by atoms with E-state index in [9.17, 15) is 0 Å². The van der Waals surface area contributed by atoms with Crippen LogP contribution >= 0.6 is 0 Å². The maximum Gasteiger partial charge on any atom is 0.00822 e. The van der Waals surface area contributed by atoms with Gasteiger partial charge in [-0.1, -0.05) is 0 Å². The molecule has 1 fully saturated rings. The lowest BCUT2D eigenvalue weighted by Crippen LogP contribution is -2.30. The summed E-state index contributed by atoms with van der Waals surface area (Å²) in [4.78, 5) is 2.25. The Kier molecular flexibility index (Phi) is 3.34. The Morgan fingerprint density at radius 3 is 2.55 bits per heavy atom. The molecule has 1 aliphatic rings. The van der Waals surface area contributed by atoms with Crippen LogP contribution in [0.15, 0.2) is 0 Å². The van der Waals surface area contributed by atoms with Crippen LogP contribution in [0.5, 0.6) is 0 Å². The maximum absolute atomic E-state index is 3.58. The Labute approximate surface area is 70.0 Å². The lowest BCUT2D eigenvalue weighted by Gasteiger charge is -2.14. The first-order valence-corrected chi connectivity index (χ1v) is 4.59. The minimum absolute atomic E-state index is 0.752. The minimum atomic E-state index is 0.752. The van der Waals surface area contributed by atoms with E-state index in [1.165, 1.54) is 25.8 Å². The highest BCUT2D eigenvalue weighted by Gasteiger charge is 2.19. The summed E-state index contributed by atoms with van der Waals surface area (Å²) in [5.41, 5.74) is 0. The molecule has 0 bridgehead atoms. The van der Waals surface area contributed by atoms with Crippen molar-refractivity contribution < 1.29 is 0 Å². The molecule has 0 radical (unpaired) electrons. The number of nitrogens with zero attached hydrogens (tertiary/aromatic N) is 1. The van der Waals surface area contributed by atoms with Gasteiger partial charge in [0, 0.05) is 12.1 Å². The first kappa shape index (κ1) is 9.01. The van der Waals surface area contributed by atoms with Gasteiger partial charge < -0.3 is 10.2 Å². The maximum atomic E-state index is 3.58. The molecule has 1 N–H and O–H groups in total. The zero-order chi connectivity index (χ0) is 8.27. The molecule has 1 saturated heterocycles. The zero-order valence-corrected chi connectivity index (χ0v) is 7.93. The second-order valence-electron chi connectivity index (χ2n) is 3.93. The molecule has 1 rings (SSSR count). The van der Waals surface area contributed by atoms with Crippen LogP contribution in [0.25, 0.3) is 0 Å². The molecule has 11 heavy (non-hydrogen) atoms. The summed E-state index contributed by atoms with van der Waals surface area (Å²) in [7, 11) is 4.27. The van der Waals surface area contributed by atoms with Gasteiger partial charge >= 0.3 is 0 Å². The van der Waals surface area contributed by atoms with Gasteiger partial charge in [-0.15, -0.1) is 0 Å². The average molecular weight is 156 g/mol. The highest BCUT2D eigenvalue weighted by molar-refractivity contribution is 4.80. The lowest BCUT2D eigenvalue weighted by atomic mass is 10.1. The van der Waals surface area contributed by atoms with Gasteiger partial charge in [-0.3, -0.25) is 0 Å². The van der Waals surface area contributed by atoms with Gasteiger partial charge in [0.1, 0.15) is 0 Å². The third-order valence-corrected chi connectivity index (χ3v) is 2.39. The molecule has 0 aromatic heterocycles. The van der Waals surface area contributed by atoms with Crippen LogP contribution in [0.1, 0.15) is 26.2 Å². The fourth-order valence-corrected chi connectivity index (χ4v) is 1.66. The van der Waals surface area contributed by atoms with Crippen molar-refractivity contribution in [2.45, 2.75) is 38.3 Å². The number of rotatable bonds is 3. The number of nitrogens with one attached hydrogen (secondary N) is 1. The molecule has 66 valence electrons. The van der Waals surface area contributed by atoms with Gasteiger partial charge in [-0.2, -0.15) is 0 Å². The lowest BCUT2D eigenvalue weighted by molar-refractivity contribution is 0.368. The Morgan fingerprint density at radius 2 is 2.09 bits per heavy atom. The van der Waals surface area contributed by atoms with Crippen LogP contribution in [0.2, 0.25) is 0 Å². The van der Waals surface area contributed by atoms with Gasteiger partial charge in [0.25, 0.3) is 0 Å². The van der Waals surface area contributed by atoms with E-state index >= 15 is 0 Å². The van der Waals surface area contributed by atoms with Crippen LogP contribution in [0, 0.1) is 0 Å². The Hall–Kier alpha value is -0.0800. The smallest absolute Gasteiger partial charge is 0.00822 e. The molecular weight excluding hydrogens is 136 g/mol. The first-order valence-electron chi connectivity index (χ1n) is 4.59. The molecule has 0 aromatic rings. The van der Waals surface area contributed by atoms with Crippen LogP contribution in [0.4, 0.5) is 0 Å². The third kappa shape index (κ3) is 3.21. The van der Waals surface area contributed by atoms with E-state index in [4.69, 9.17) is 0 Å². The normalized spacial score (nSPS) is 31.6. The summed E-state index contributed by atoms with van der Waals surface area (Å²) in [6.07, 6.45) is 4.03. The SMILES string of the molecule is CC1CCC(CCN(C)C)N1. The predicted octanol–water partition coefficient (Wildman–Crippen LogP) is 1.08. The average Bonchev–Trinajstić information content (AvgIpc) is 2.31. The molecule has 2 heteroatoms. The highest BCUT2D eigenvalue weighted by Crippen LogP contribution is 2.14. The van der Waals surface area contributed by atoms with Crippen LogP contribution in [-0.4, -0.2) is 37.6 Å². The second-order valence-corrected chi connectivity index (χ2v) is 3.93. The van der Waals surface area contributed by atoms with Crippen molar-refractivity contribution in [3.05, 3.63) is 0 Å². The third-order valence-electron chi connectivity index (χ3n) is 2.39. The van der Waals surface area contributed by atoms with E-state index in [1.54, 1.807) is 0 Å². The van der Waals surface area contributed by atoms with Crippen LogP contribution in [-0.2, 0) is 0 Å². The summed E-state index contributed by atoms with van der Waals surface area (Å²) in [6.45, 7) is 3.49. The van der Waals surface area contributed by atoms with E-state index in [0.29, 0.717) is 0 Å². The Bertz CT molecular complexity index is 112. The summed E-state index contributed by atoms with van der Waals surface area (Å²) in [6, 6.07) is 1.54. The minimum Gasteiger partial charge on any atom is -0.311 e. The van der Waals surface area contributed by atoms with Gasteiger partial charge in [0.15, 0.2) is 0 Å². The summed E-state index contributed by atoms with van der Waals surface area (Å²) >= 11 is 0. The molecular formula is C9H20N2. The molecule has 0 amide bonds. The molecule has 1 heterocycles. The highest BCUT2D eigenvalue weighted by atomic mass is 15.1. The standard InChI is InChI=1S/C9H20N2/c1-8-4-5-9(10-8)6-7-11(2)3/h8-10H,4-7H2,1-3H3. The Morgan fingerprint density at radius 1 is 1.36 bits per heavy atom. The van der Waals surface area contributed by atoms with Crippen molar-refractivity contribution in [2.75, 3.05) is 20.6 Å². The monoisotopic (exact) mass is 156 g/mol. The van der Waals surface area contributed by atoms with E-state index in [-0.39, 0.29) is 0 Å². The summed E-state index contributed by atoms with van der Waals surface area (Å²) in [5.74, 6) is 0. The molecule has 2 nitrogen and oxygen atoms in total. The van der Waals surface area contributed by atoms with Gasteiger partial charge in [-0.05, 0) is 46.8 Å².